The predicted octanol–water partition coefficient (Wildman–Crippen LogP) is 4.71. The Morgan fingerprint density at radius 1 is 1.47 bits per heavy atom. The van der Waals surface area contributed by atoms with Gasteiger partial charge in [0.15, 0.2) is 0 Å². The minimum absolute atomic E-state index is 0.120. The van der Waals surface area contributed by atoms with E-state index in [0.717, 1.165) is 12.3 Å². The van der Waals surface area contributed by atoms with E-state index in [0.29, 0.717) is 6.04 Å². The molecule has 1 fully saturated rings. The number of hydrogen-bond acceptors (Lipinski definition) is 1. The van der Waals surface area contributed by atoms with Gasteiger partial charge < -0.3 is 0 Å². The van der Waals surface area contributed by atoms with Crippen LogP contribution in [0, 0.1) is 5.92 Å². The highest BCUT2D eigenvalue weighted by molar-refractivity contribution is 6.20. The zero-order valence-electron chi connectivity index (χ0n) is 10.9. The molecule has 1 heterocycles. The van der Waals surface area contributed by atoms with Gasteiger partial charge in [-0.2, -0.15) is 5.10 Å². The van der Waals surface area contributed by atoms with E-state index in [9.17, 15) is 0 Å². The van der Waals surface area contributed by atoms with Gasteiger partial charge in [-0.25, -0.2) is 0 Å². The Labute approximate surface area is 109 Å². The van der Waals surface area contributed by atoms with Crippen LogP contribution in [0.2, 0.25) is 0 Å². The number of nitrogens with zero attached hydrogens (tertiary/aromatic N) is 2. The van der Waals surface area contributed by atoms with Gasteiger partial charge in [0.25, 0.3) is 0 Å². The van der Waals surface area contributed by atoms with Crippen molar-refractivity contribution in [2.45, 2.75) is 63.8 Å². The molecular formula is C14H23ClN2. The van der Waals surface area contributed by atoms with Crippen LogP contribution in [0.25, 0.3) is 0 Å². The summed E-state index contributed by atoms with van der Waals surface area (Å²) in [6.07, 6.45) is 11.7. The first-order valence-electron chi connectivity index (χ1n) is 6.92. The van der Waals surface area contributed by atoms with E-state index in [1.165, 1.54) is 37.7 Å². The Hall–Kier alpha value is -0.500. The number of hydrogen-bond donors (Lipinski definition) is 0. The van der Waals surface area contributed by atoms with Crippen LogP contribution in [-0.4, -0.2) is 9.78 Å². The third-order valence-electron chi connectivity index (χ3n) is 4.05. The van der Waals surface area contributed by atoms with Crippen molar-refractivity contribution in [3.63, 3.8) is 0 Å². The van der Waals surface area contributed by atoms with Crippen LogP contribution in [0.3, 0.4) is 0 Å². The molecule has 3 atom stereocenters. The monoisotopic (exact) mass is 254 g/mol. The van der Waals surface area contributed by atoms with Gasteiger partial charge in [0.1, 0.15) is 0 Å². The Morgan fingerprint density at radius 3 is 3.00 bits per heavy atom. The fourth-order valence-electron chi connectivity index (χ4n) is 2.82. The summed E-state index contributed by atoms with van der Waals surface area (Å²) in [5.41, 5.74) is 1.17. The van der Waals surface area contributed by atoms with Gasteiger partial charge in [-0.15, -0.1) is 11.6 Å². The molecule has 3 heteroatoms. The van der Waals surface area contributed by atoms with Gasteiger partial charge in [-0.3, -0.25) is 4.68 Å². The van der Waals surface area contributed by atoms with Crippen LogP contribution in [0.1, 0.15) is 69.4 Å². The van der Waals surface area contributed by atoms with E-state index in [4.69, 9.17) is 11.6 Å². The number of alkyl halides is 1. The lowest BCUT2D eigenvalue weighted by molar-refractivity contribution is 0.247. The van der Waals surface area contributed by atoms with Gasteiger partial charge in [-0.1, -0.05) is 33.1 Å². The van der Waals surface area contributed by atoms with Crippen LogP contribution in [-0.2, 0) is 0 Å². The second-order valence-electron chi connectivity index (χ2n) is 5.22. The maximum Gasteiger partial charge on any atom is 0.0613 e. The highest BCUT2D eigenvalue weighted by Gasteiger charge is 2.23. The number of halogens is 1. The van der Waals surface area contributed by atoms with E-state index in [1.807, 2.05) is 6.20 Å². The first-order valence-corrected chi connectivity index (χ1v) is 7.36. The minimum Gasteiger partial charge on any atom is -0.269 e. The molecule has 1 aliphatic carbocycles. The van der Waals surface area contributed by atoms with Gasteiger partial charge in [-0.05, 0) is 25.2 Å². The molecule has 0 N–H and O–H groups in total. The summed E-state index contributed by atoms with van der Waals surface area (Å²) < 4.78 is 2.15. The summed E-state index contributed by atoms with van der Waals surface area (Å²) in [7, 11) is 0. The average molecular weight is 255 g/mol. The quantitative estimate of drug-likeness (QED) is 0.712. The Morgan fingerprint density at radius 2 is 2.29 bits per heavy atom. The molecule has 0 aliphatic heterocycles. The fraction of sp³-hybridized carbons (Fsp3) is 0.786. The van der Waals surface area contributed by atoms with E-state index in [2.05, 4.69) is 29.8 Å². The topological polar surface area (TPSA) is 17.8 Å². The Kier molecular flexibility index (Phi) is 4.49. The maximum atomic E-state index is 6.25. The molecule has 0 spiro atoms. The number of rotatable bonds is 4. The van der Waals surface area contributed by atoms with Crippen LogP contribution in [0.15, 0.2) is 12.4 Å². The summed E-state index contributed by atoms with van der Waals surface area (Å²) in [5.74, 6) is 0.888. The molecule has 0 saturated heterocycles. The van der Waals surface area contributed by atoms with Crippen molar-refractivity contribution in [2.75, 3.05) is 0 Å². The lowest BCUT2D eigenvalue weighted by atomic mass is 9.84. The second kappa shape index (κ2) is 5.90. The third-order valence-corrected chi connectivity index (χ3v) is 4.61. The highest BCUT2D eigenvalue weighted by atomic mass is 35.5. The van der Waals surface area contributed by atoms with E-state index in [1.54, 1.807) is 0 Å². The van der Waals surface area contributed by atoms with E-state index >= 15 is 0 Å². The molecule has 0 radical (unpaired) electrons. The Bertz CT molecular complexity index is 348. The van der Waals surface area contributed by atoms with Gasteiger partial charge >= 0.3 is 0 Å². The smallest absolute Gasteiger partial charge is 0.0613 e. The SMILES string of the molecule is CCC1CCCC(n2cc(C(Cl)CC)cn2)C1. The standard InChI is InChI=1S/C14H23ClN2/c1-3-11-6-5-7-13(8-11)17-10-12(9-16-17)14(15)4-2/h9-11,13-14H,3-8H2,1-2H3. The summed E-state index contributed by atoms with van der Waals surface area (Å²) in [6, 6.07) is 0.600. The van der Waals surface area contributed by atoms with Crippen LogP contribution in [0.4, 0.5) is 0 Å². The largest absolute Gasteiger partial charge is 0.269 e. The first-order chi connectivity index (χ1) is 8.24. The molecule has 17 heavy (non-hydrogen) atoms. The van der Waals surface area contributed by atoms with Crippen LogP contribution < -0.4 is 0 Å². The van der Waals surface area contributed by atoms with Gasteiger partial charge in [0.05, 0.1) is 17.6 Å². The second-order valence-corrected chi connectivity index (χ2v) is 5.75. The molecule has 1 aromatic heterocycles. The lowest BCUT2D eigenvalue weighted by Gasteiger charge is -2.28. The number of aromatic nitrogens is 2. The molecule has 0 bridgehead atoms. The highest BCUT2D eigenvalue weighted by Crippen LogP contribution is 2.34. The van der Waals surface area contributed by atoms with E-state index < -0.39 is 0 Å². The maximum absolute atomic E-state index is 6.25. The molecule has 0 amide bonds. The van der Waals surface area contributed by atoms with Crippen molar-refractivity contribution in [3.05, 3.63) is 18.0 Å². The Balaban J connectivity index is 2.04. The van der Waals surface area contributed by atoms with Crippen molar-refractivity contribution in [3.8, 4) is 0 Å². The van der Waals surface area contributed by atoms with Gasteiger partial charge in [0, 0.05) is 11.8 Å². The average Bonchev–Trinajstić information content (AvgIpc) is 2.87. The molecule has 96 valence electrons. The minimum atomic E-state index is 0.120. The molecule has 1 saturated carbocycles. The van der Waals surface area contributed by atoms with E-state index in [-0.39, 0.29) is 5.38 Å². The predicted molar refractivity (Wildman–Crippen MR) is 72.4 cm³/mol. The summed E-state index contributed by atoms with van der Waals surface area (Å²) in [4.78, 5) is 0. The van der Waals surface area contributed by atoms with Crippen LogP contribution >= 0.6 is 11.6 Å². The van der Waals surface area contributed by atoms with Crippen molar-refractivity contribution in [2.24, 2.45) is 5.92 Å². The normalized spacial score (nSPS) is 27.0. The molecular weight excluding hydrogens is 232 g/mol. The van der Waals surface area contributed by atoms with Gasteiger partial charge in [0.2, 0.25) is 0 Å². The van der Waals surface area contributed by atoms with Crippen LogP contribution in [0.5, 0.6) is 0 Å². The molecule has 0 aromatic carbocycles. The molecule has 2 nitrogen and oxygen atoms in total. The molecule has 1 aliphatic rings. The molecule has 3 unspecified atom stereocenters. The zero-order valence-corrected chi connectivity index (χ0v) is 11.7. The van der Waals surface area contributed by atoms with Crippen molar-refractivity contribution in [1.29, 1.82) is 0 Å². The summed E-state index contributed by atoms with van der Waals surface area (Å²) in [5, 5.41) is 4.63. The zero-order chi connectivity index (χ0) is 12.3. The van der Waals surface area contributed by atoms with Crippen molar-refractivity contribution >= 4 is 11.6 Å². The first kappa shape index (κ1) is 12.9. The summed E-state index contributed by atoms with van der Waals surface area (Å²) >= 11 is 6.25. The molecule has 2 rings (SSSR count). The molecule has 1 aromatic rings. The third kappa shape index (κ3) is 3.04. The fourth-order valence-corrected chi connectivity index (χ4v) is 2.94. The summed E-state index contributed by atoms with van der Waals surface area (Å²) in [6.45, 7) is 4.41. The van der Waals surface area contributed by atoms with Crippen molar-refractivity contribution in [1.82, 2.24) is 9.78 Å². The van der Waals surface area contributed by atoms with Crippen molar-refractivity contribution < 1.29 is 0 Å². The lowest BCUT2D eigenvalue weighted by Crippen LogP contribution is -2.19.